The second-order valence-corrected chi connectivity index (χ2v) is 7.88. The number of allylic oxidation sites excluding steroid dienone is 3. The van der Waals surface area contributed by atoms with E-state index in [0.29, 0.717) is 11.1 Å². The zero-order chi connectivity index (χ0) is 26.9. The molecule has 0 saturated carbocycles. The number of ether oxygens (including phenoxy) is 1. The third-order valence-electron chi connectivity index (χ3n) is 5.61. The van der Waals surface area contributed by atoms with Gasteiger partial charge in [0, 0.05) is 5.92 Å². The highest BCUT2D eigenvalue weighted by Crippen LogP contribution is 2.39. The van der Waals surface area contributed by atoms with Crippen LogP contribution >= 0.6 is 0 Å². The van der Waals surface area contributed by atoms with Crippen molar-refractivity contribution < 1.29 is 49.4 Å². The summed E-state index contributed by atoms with van der Waals surface area (Å²) in [5, 5.41) is 1.56. The van der Waals surface area contributed by atoms with E-state index in [4.69, 9.17) is 0 Å². The van der Waals surface area contributed by atoms with E-state index in [1.807, 2.05) is 0 Å². The SMILES string of the molecule is COC(=O)C1C(F)=CC=CC1c1ccc(C)c(CC(=O)Nc2c(F)c(F)c(C(F)(F)F)c(F)c2F)c1. The number of hydrogen-bond acceptors (Lipinski definition) is 3. The highest BCUT2D eigenvalue weighted by Gasteiger charge is 2.42. The van der Waals surface area contributed by atoms with Gasteiger partial charge >= 0.3 is 12.1 Å². The fourth-order valence-corrected chi connectivity index (χ4v) is 3.78. The molecule has 2 atom stereocenters. The number of carbonyl (C=O) groups is 2. The van der Waals surface area contributed by atoms with E-state index >= 15 is 0 Å². The lowest BCUT2D eigenvalue weighted by atomic mass is 9.81. The molecule has 0 radical (unpaired) electrons. The van der Waals surface area contributed by atoms with Gasteiger partial charge in [-0.05, 0) is 29.7 Å². The summed E-state index contributed by atoms with van der Waals surface area (Å²) >= 11 is 0. The smallest absolute Gasteiger partial charge is 0.422 e. The number of benzene rings is 2. The van der Waals surface area contributed by atoms with E-state index in [1.54, 1.807) is 18.3 Å². The van der Waals surface area contributed by atoms with Crippen LogP contribution in [-0.2, 0) is 26.9 Å². The van der Waals surface area contributed by atoms with Crippen LogP contribution in [0.1, 0.15) is 28.2 Å². The summed E-state index contributed by atoms with van der Waals surface area (Å²) in [5.74, 6) is -15.2. The van der Waals surface area contributed by atoms with Crippen molar-refractivity contribution in [2.24, 2.45) is 5.92 Å². The van der Waals surface area contributed by atoms with Gasteiger partial charge in [0.05, 0.1) is 13.5 Å². The molecule has 1 amide bonds. The Bertz CT molecular complexity index is 1250. The average Bonchev–Trinajstić information content (AvgIpc) is 2.80. The first-order valence-corrected chi connectivity index (χ1v) is 10.2. The molecule has 0 heterocycles. The van der Waals surface area contributed by atoms with Crippen LogP contribution in [0, 0.1) is 36.1 Å². The topological polar surface area (TPSA) is 55.4 Å². The van der Waals surface area contributed by atoms with Gasteiger partial charge in [0.2, 0.25) is 5.91 Å². The van der Waals surface area contributed by atoms with E-state index in [-0.39, 0.29) is 5.56 Å². The molecular weight excluding hydrogens is 502 g/mol. The molecule has 12 heteroatoms. The monoisotopic (exact) mass is 519 g/mol. The van der Waals surface area contributed by atoms with Gasteiger partial charge in [-0.1, -0.05) is 30.4 Å². The molecule has 1 aliphatic carbocycles. The van der Waals surface area contributed by atoms with Crippen molar-refractivity contribution >= 4 is 17.6 Å². The predicted octanol–water partition coefficient (Wildman–Crippen LogP) is 6.05. The number of aryl methyl sites for hydroxylation is 1. The first-order valence-electron chi connectivity index (χ1n) is 10.2. The molecule has 0 spiro atoms. The third kappa shape index (κ3) is 5.12. The lowest BCUT2D eigenvalue weighted by Crippen LogP contribution is -2.25. The maximum Gasteiger partial charge on any atom is 0.422 e. The van der Waals surface area contributed by atoms with E-state index in [1.165, 1.54) is 24.3 Å². The molecule has 0 bridgehead atoms. The van der Waals surface area contributed by atoms with Gasteiger partial charge in [0.25, 0.3) is 0 Å². The molecule has 1 aliphatic rings. The molecule has 2 aromatic carbocycles. The summed E-state index contributed by atoms with van der Waals surface area (Å²) < 4.78 is 113. The van der Waals surface area contributed by atoms with Gasteiger partial charge in [-0.25, -0.2) is 22.0 Å². The highest BCUT2D eigenvalue weighted by molar-refractivity contribution is 5.93. The molecule has 0 fully saturated rings. The number of amides is 1. The molecule has 0 aromatic heterocycles. The van der Waals surface area contributed by atoms with Crippen molar-refractivity contribution in [3.63, 3.8) is 0 Å². The fraction of sp³-hybridized carbons (Fsp3) is 0.250. The Labute approximate surface area is 199 Å². The van der Waals surface area contributed by atoms with Gasteiger partial charge in [-0.15, -0.1) is 0 Å². The average molecular weight is 519 g/mol. The van der Waals surface area contributed by atoms with Gasteiger partial charge in [-0.2, -0.15) is 13.2 Å². The minimum Gasteiger partial charge on any atom is -0.468 e. The second-order valence-electron chi connectivity index (χ2n) is 7.88. The van der Waals surface area contributed by atoms with Crippen molar-refractivity contribution in [3.8, 4) is 0 Å². The Morgan fingerprint density at radius 1 is 1.00 bits per heavy atom. The number of nitrogens with one attached hydrogen (secondary N) is 1. The zero-order valence-electron chi connectivity index (χ0n) is 18.6. The Morgan fingerprint density at radius 2 is 1.61 bits per heavy atom. The number of hydrogen-bond donors (Lipinski definition) is 1. The number of alkyl halides is 3. The van der Waals surface area contributed by atoms with Crippen LogP contribution in [0.25, 0.3) is 0 Å². The Balaban J connectivity index is 1.91. The molecule has 2 aromatic rings. The van der Waals surface area contributed by atoms with Gasteiger partial charge < -0.3 is 10.1 Å². The normalized spacial score (nSPS) is 17.6. The van der Waals surface area contributed by atoms with Crippen molar-refractivity contribution in [1.29, 1.82) is 0 Å². The molecule has 4 nitrogen and oxygen atoms in total. The van der Waals surface area contributed by atoms with Crippen LogP contribution in [0.2, 0.25) is 0 Å². The Hall–Kier alpha value is -3.70. The van der Waals surface area contributed by atoms with Crippen LogP contribution in [-0.4, -0.2) is 19.0 Å². The van der Waals surface area contributed by atoms with Gasteiger partial charge in [-0.3, -0.25) is 9.59 Å². The standard InChI is InChI=1S/C24H17F8NO3/c1-10-6-7-11(13-4-3-5-14(25)16(13)23(35)36-2)8-12(10)9-15(34)33-22-20(28)18(26)17(24(30,31)32)19(27)21(22)29/h3-8,13,16H,9H2,1-2H3,(H,33,34). The minimum absolute atomic E-state index is 0.227. The quantitative estimate of drug-likeness (QED) is 0.298. The fourth-order valence-electron chi connectivity index (χ4n) is 3.78. The predicted molar refractivity (Wildman–Crippen MR) is 111 cm³/mol. The highest BCUT2D eigenvalue weighted by atomic mass is 19.4. The van der Waals surface area contributed by atoms with Gasteiger partial charge in [0.15, 0.2) is 23.3 Å². The number of halogens is 8. The Kier molecular flexibility index (Phi) is 7.56. The molecular formula is C24H17F8NO3. The van der Waals surface area contributed by atoms with Crippen molar-refractivity contribution in [2.45, 2.75) is 25.4 Å². The summed E-state index contributed by atoms with van der Waals surface area (Å²) in [6, 6.07) is 4.49. The van der Waals surface area contributed by atoms with E-state index in [0.717, 1.165) is 13.2 Å². The number of carbonyl (C=O) groups excluding carboxylic acids is 2. The van der Waals surface area contributed by atoms with E-state index in [2.05, 4.69) is 4.74 Å². The van der Waals surface area contributed by atoms with E-state index in [9.17, 15) is 44.7 Å². The lowest BCUT2D eigenvalue weighted by molar-refractivity contribution is -0.145. The number of esters is 1. The summed E-state index contributed by atoms with van der Waals surface area (Å²) in [5.41, 5.74) is -3.40. The number of rotatable bonds is 5. The molecule has 0 aliphatic heterocycles. The molecule has 3 rings (SSSR count). The molecule has 1 N–H and O–H groups in total. The Morgan fingerprint density at radius 3 is 2.17 bits per heavy atom. The summed E-state index contributed by atoms with van der Waals surface area (Å²) in [4.78, 5) is 24.5. The molecule has 192 valence electrons. The van der Waals surface area contributed by atoms with E-state index < -0.39 is 76.7 Å². The minimum atomic E-state index is -5.72. The largest absolute Gasteiger partial charge is 0.468 e. The summed E-state index contributed by atoms with van der Waals surface area (Å²) in [6.07, 6.45) is -2.35. The summed E-state index contributed by atoms with van der Waals surface area (Å²) in [7, 11) is 1.08. The maximum atomic E-state index is 14.3. The number of methoxy groups -OCH3 is 1. The first kappa shape index (κ1) is 26.9. The van der Waals surface area contributed by atoms with Crippen LogP contribution in [0.3, 0.4) is 0 Å². The van der Waals surface area contributed by atoms with Gasteiger partial charge in [0.1, 0.15) is 23.0 Å². The summed E-state index contributed by atoms with van der Waals surface area (Å²) in [6.45, 7) is 1.56. The first-order chi connectivity index (χ1) is 16.8. The van der Waals surface area contributed by atoms with Crippen LogP contribution < -0.4 is 5.32 Å². The number of anilines is 1. The van der Waals surface area contributed by atoms with Crippen LogP contribution in [0.4, 0.5) is 40.8 Å². The molecule has 2 unspecified atom stereocenters. The third-order valence-corrected chi connectivity index (χ3v) is 5.61. The maximum absolute atomic E-state index is 14.3. The van der Waals surface area contributed by atoms with Crippen molar-refractivity contribution in [3.05, 3.63) is 87.8 Å². The van der Waals surface area contributed by atoms with Crippen molar-refractivity contribution in [1.82, 2.24) is 0 Å². The van der Waals surface area contributed by atoms with Crippen molar-refractivity contribution in [2.75, 3.05) is 12.4 Å². The molecule has 0 saturated heterocycles. The van der Waals surface area contributed by atoms with Crippen LogP contribution in [0.15, 0.2) is 42.3 Å². The zero-order valence-corrected chi connectivity index (χ0v) is 18.6. The second kappa shape index (κ2) is 10.1. The lowest BCUT2D eigenvalue weighted by Gasteiger charge is -2.25. The molecule has 36 heavy (non-hydrogen) atoms. The van der Waals surface area contributed by atoms with Crippen LogP contribution in [0.5, 0.6) is 0 Å².